The van der Waals surface area contributed by atoms with E-state index in [1.165, 1.54) is 31.2 Å². The Morgan fingerprint density at radius 3 is 2.41 bits per heavy atom. The normalized spacial score (nSPS) is 10.5. The van der Waals surface area contributed by atoms with Crippen molar-refractivity contribution in [2.75, 3.05) is 12.3 Å². The Kier molecular flexibility index (Phi) is 5.88. The predicted molar refractivity (Wildman–Crippen MR) is 74.6 cm³/mol. The number of ether oxygens (including phenoxy) is 1. The Labute approximate surface area is 105 Å². The first-order chi connectivity index (χ1) is 8.15. The zero-order valence-corrected chi connectivity index (χ0v) is 11.4. The van der Waals surface area contributed by atoms with E-state index in [2.05, 4.69) is 19.9 Å². The van der Waals surface area contributed by atoms with Gasteiger partial charge in [0.05, 0.1) is 6.61 Å². The van der Waals surface area contributed by atoms with Gasteiger partial charge >= 0.3 is 0 Å². The molecule has 0 amide bonds. The van der Waals surface area contributed by atoms with Crippen molar-refractivity contribution in [3.05, 3.63) is 23.3 Å². The molecule has 96 valence electrons. The summed E-state index contributed by atoms with van der Waals surface area (Å²) in [4.78, 5) is 0. The summed E-state index contributed by atoms with van der Waals surface area (Å²) < 4.78 is 5.77. The van der Waals surface area contributed by atoms with Gasteiger partial charge in [-0.3, -0.25) is 0 Å². The highest BCUT2D eigenvalue weighted by Crippen LogP contribution is 2.24. The van der Waals surface area contributed by atoms with Crippen molar-refractivity contribution in [3.63, 3.8) is 0 Å². The molecule has 17 heavy (non-hydrogen) atoms. The van der Waals surface area contributed by atoms with E-state index in [1.54, 1.807) is 0 Å². The molecule has 2 nitrogen and oxygen atoms in total. The zero-order valence-electron chi connectivity index (χ0n) is 11.4. The minimum Gasteiger partial charge on any atom is -0.493 e. The van der Waals surface area contributed by atoms with Crippen molar-refractivity contribution >= 4 is 5.69 Å². The van der Waals surface area contributed by atoms with Crippen LogP contribution in [0, 0.1) is 13.8 Å². The summed E-state index contributed by atoms with van der Waals surface area (Å²) in [6.07, 6.45) is 6.32. The zero-order chi connectivity index (χ0) is 12.7. The number of benzene rings is 1. The van der Waals surface area contributed by atoms with Crippen molar-refractivity contribution in [1.29, 1.82) is 0 Å². The van der Waals surface area contributed by atoms with Crippen LogP contribution in [0.5, 0.6) is 5.75 Å². The molecule has 0 aliphatic carbocycles. The third-order valence-electron chi connectivity index (χ3n) is 3.07. The molecular formula is C15H25NO. The first-order valence-corrected chi connectivity index (χ1v) is 6.64. The molecule has 0 radical (unpaired) electrons. The molecule has 0 aromatic heterocycles. The second kappa shape index (κ2) is 7.21. The minimum absolute atomic E-state index is 0.799. The van der Waals surface area contributed by atoms with Gasteiger partial charge in [0.2, 0.25) is 0 Å². The average Bonchev–Trinajstić information content (AvgIpc) is 2.30. The molecule has 0 unspecified atom stereocenters. The van der Waals surface area contributed by atoms with Gasteiger partial charge in [-0.1, -0.05) is 38.7 Å². The first-order valence-electron chi connectivity index (χ1n) is 6.64. The quantitative estimate of drug-likeness (QED) is 0.567. The second-order valence-corrected chi connectivity index (χ2v) is 4.74. The number of hydrogen-bond donors (Lipinski definition) is 1. The van der Waals surface area contributed by atoms with Crippen LogP contribution in [0.2, 0.25) is 0 Å². The topological polar surface area (TPSA) is 35.2 Å². The van der Waals surface area contributed by atoms with E-state index < -0.39 is 0 Å². The molecule has 0 fully saturated rings. The molecule has 0 heterocycles. The number of nitrogen functional groups attached to an aromatic ring is 1. The van der Waals surface area contributed by atoms with Crippen LogP contribution in [0.4, 0.5) is 5.69 Å². The van der Waals surface area contributed by atoms with Gasteiger partial charge in [-0.05, 0) is 31.4 Å². The predicted octanol–water partition coefficient (Wildman–Crippen LogP) is 4.23. The fraction of sp³-hybridized carbons (Fsp3) is 0.600. The Morgan fingerprint density at radius 2 is 1.71 bits per heavy atom. The van der Waals surface area contributed by atoms with Crippen LogP contribution in [-0.2, 0) is 0 Å². The molecule has 0 aliphatic heterocycles. The van der Waals surface area contributed by atoms with Crippen LogP contribution in [0.25, 0.3) is 0 Å². The van der Waals surface area contributed by atoms with Crippen LogP contribution in [0.1, 0.15) is 50.2 Å². The molecule has 0 bridgehead atoms. The third kappa shape index (κ3) is 4.68. The summed E-state index contributed by atoms with van der Waals surface area (Å²) in [5.41, 5.74) is 8.99. The van der Waals surface area contributed by atoms with Crippen molar-refractivity contribution < 1.29 is 4.74 Å². The molecule has 2 N–H and O–H groups in total. The highest BCUT2D eigenvalue weighted by atomic mass is 16.5. The SMILES string of the molecule is CCCCCCCOc1cc(N)c(C)cc1C. The summed E-state index contributed by atoms with van der Waals surface area (Å²) in [6.45, 7) is 7.12. The number of aryl methyl sites for hydroxylation is 2. The summed E-state index contributed by atoms with van der Waals surface area (Å²) in [5.74, 6) is 0.934. The van der Waals surface area contributed by atoms with Gasteiger partial charge in [0.15, 0.2) is 0 Å². The minimum atomic E-state index is 0.799. The van der Waals surface area contributed by atoms with Gasteiger partial charge in [-0.25, -0.2) is 0 Å². The maximum absolute atomic E-state index is 5.88. The van der Waals surface area contributed by atoms with Crippen LogP contribution in [0.15, 0.2) is 12.1 Å². The summed E-state index contributed by atoms with van der Waals surface area (Å²) >= 11 is 0. The standard InChI is InChI=1S/C15H25NO/c1-4-5-6-7-8-9-17-15-11-14(16)12(2)10-13(15)3/h10-11H,4-9,16H2,1-3H3. The summed E-state index contributed by atoms with van der Waals surface area (Å²) in [5, 5.41) is 0. The van der Waals surface area contributed by atoms with Crippen LogP contribution in [-0.4, -0.2) is 6.61 Å². The molecular weight excluding hydrogens is 210 g/mol. The van der Waals surface area contributed by atoms with E-state index in [9.17, 15) is 0 Å². The van der Waals surface area contributed by atoms with E-state index in [-0.39, 0.29) is 0 Å². The lowest BCUT2D eigenvalue weighted by atomic mass is 10.1. The van der Waals surface area contributed by atoms with Crippen LogP contribution < -0.4 is 10.5 Å². The molecule has 1 aromatic rings. The Balaban J connectivity index is 2.34. The molecule has 1 aromatic carbocycles. The number of rotatable bonds is 7. The van der Waals surface area contributed by atoms with Crippen molar-refractivity contribution in [2.24, 2.45) is 0 Å². The average molecular weight is 235 g/mol. The molecule has 0 saturated carbocycles. The molecule has 0 saturated heterocycles. The number of unbranched alkanes of at least 4 members (excludes halogenated alkanes) is 4. The van der Waals surface area contributed by atoms with Crippen molar-refractivity contribution in [2.45, 2.75) is 52.9 Å². The second-order valence-electron chi connectivity index (χ2n) is 4.74. The number of hydrogen-bond acceptors (Lipinski definition) is 2. The lowest BCUT2D eigenvalue weighted by Gasteiger charge is -2.11. The van der Waals surface area contributed by atoms with Gasteiger partial charge < -0.3 is 10.5 Å². The van der Waals surface area contributed by atoms with Gasteiger partial charge in [-0.15, -0.1) is 0 Å². The molecule has 0 aliphatic rings. The monoisotopic (exact) mass is 235 g/mol. The maximum Gasteiger partial charge on any atom is 0.124 e. The third-order valence-corrected chi connectivity index (χ3v) is 3.07. The van der Waals surface area contributed by atoms with Crippen LogP contribution in [0.3, 0.4) is 0 Å². The van der Waals surface area contributed by atoms with E-state index in [4.69, 9.17) is 10.5 Å². The van der Waals surface area contributed by atoms with Gasteiger partial charge in [-0.2, -0.15) is 0 Å². The Bertz CT molecular complexity index is 347. The molecule has 2 heteroatoms. The van der Waals surface area contributed by atoms with Crippen molar-refractivity contribution in [1.82, 2.24) is 0 Å². The van der Waals surface area contributed by atoms with Gasteiger partial charge in [0, 0.05) is 11.8 Å². The smallest absolute Gasteiger partial charge is 0.124 e. The maximum atomic E-state index is 5.88. The first kappa shape index (κ1) is 13.9. The lowest BCUT2D eigenvalue weighted by molar-refractivity contribution is 0.303. The molecule has 0 spiro atoms. The molecule has 0 atom stereocenters. The summed E-state index contributed by atoms with van der Waals surface area (Å²) in [6, 6.07) is 4.03. The van der Waals surface area contributed by atoms with Gasteiger partial charge in [0.25, 0.3) is 0 Å². The highest BCUT2D eigenvalue weighted by Gasteiger charge is 2.03. The van der Waals surface area contributed by atoms with E-state index in [0.29, 0.717) is 0 Å². The van der Waals surface area contributed by atoms with E-state index in [1.807, 2.05) is 13.0 Å². The lowest BCUT2D eigenvalue weighted by Crippen LogP contribution is -2.01. The van der Waals surface area contributed by atoms with E-state index in [0.717, 1.165) is 30.0 Å². The fourth-order valence-corrected chi connectivity index (χ4v) is 1.89. The number of anilines is 1. The molecule has 1 rings (SSSR count). The van der Waals surface area contributed by atoms with E-state index >= 15 is 0 Å². The highest BCUT2D eigenvalue weighted by molar-refractivity contribution is 5.54. The van der Waals surface area contributed by atoms with Crippen molar-refractivity contribution in [3.8, 4) is 5.75 Å². The Morgan fingerprint density at radius 1 is 1.00 bits per heavy atom. The Hall–Kier alpha value is -1.18. The largest absolute Gasteiger partial charge is 0.493 e. The number of nitrogens with two attached hydrogens (primary N) is 1. The fourth-order valence-electron chi connectivity index (χ4n) is 1.89. The summed E-state index contributed by atoms with van der Waals surface area (Å²) in [7, 11) is 0. The van der Waals surface area contributed by atoms with Crippen LogP contribution >= 0.6 is 0 Å². The van der Waals surface area contributed by atoms with Gasteiger partial charge in [0.1, 0.15) is 5.75 Å².